The molecule has 0 amide bonds. The van der Waals surface area contributed by atoms with Crippen molar-refractivity contribution < 1.29 is 14.9 Å². The van der Waals surface area contributed by atoms with Crippen molar-refractivity contribution in [3.05, 3.63) is 53.6 Å². The highest BCUT2D eigenvalue weighted by Crippen LogP contribution is 2.36. The van der Waals surface area contributed by atoms with E-state index in [4.69, 9.17) is 4.74 Å². The molecule has 0 fully saturated rings. The summed E-state index contributed by atoms with van der Waals surface area (Å²) in [6, 6.07) is 13.6. The molecule has 0 saturated carbocycles. The van der Waals surface area contributed by atoms with Crippen LogP contribution in [0.15, 0.2) is 42.5 Å². The first-order valence-electron chi connectivity index (χ1n) is 7.57. The van der Waals surface area contributed by atoms with E-state index in [1.54, 1.807) is 18.2 Å². The first-order chi connectivity index (χ1) is 10.7. The van der Waals surface area contributed by atoms with Crippen LogP contribution in [0, 0.1) is 6.92 Å². The average Bonchev–Trinajstić information content (AvgIpc) is 2.51. The summed E-state index contributed by atoms with van der Waals surface area (Å²) in [5.74, 6) is 0.969. The number of ether oxygens (including phenoxy) is 1. The number of phenolic OH excluding ortho intramolecular Hbond substituents is 1. The minimum absolute atomic E-state index is 0.0336. The molecule has 1 atom stereocenters. The number of nitrogens with zero attached hydrogens (tertiary/aromatic N) is 1. The highest BCUT2D eigenvalue weighted by atomic mass is 16.5. The van der Waals surface area contributed by atoms with Gasteiger partial charge in [0, 0.05) is 19.0 Å². The monoisotopic (exact) mass is 299 g/mol. The molecule has 1 unspecified atom stereocenters. The number of hydrogen-bond donors (Lipinski definition) is 2. The van der Waals surface area contributed by atoms with Crippen LogP contribution in [0.25, 0.3) is 0 Å². The summed E-state index contributed by atoms with van der Waals surface area (Å²) >= 11 is 0. The number of anilines is 1. The van der Waals surface area contributed by atoms with Crippen LogP contribution in [-0.4, -0.2) is 36.0 Å². The Morgan fingerprint density at radius 2 is 1.95 bits per heavy atom. The lowest BCUT2D eigenvalue weighted by atomic mass is 10.0. The lowest BCUT2D eigenvalue weighted by Gasteiger charge is -2.36. The second-order valence-electron chi connectivity index (χ2n) is 5.75. The largest absolute Gasteiger partial charge is 0.508 e. The topological polar surface area (TPSA) is 52.9 Å². The van der Waals surface area contributed by atoms with Crippen molar-refractivity contribution >= 4 is 5.69 Å². The van der Waals surface area contributed by atoms with Gasteiger partial charge in [0.2, 0.25) is 0 Å². The molecular weight excluding hydrogens is 278 g/mol. The van der Waals surface area contributed by atoms with Crippen molar-refractivity contribution in [2.45, 2.75) is 19.4 Å². The first-order valence-corrected chi connectivity index (χ1v) is 7.57. The molecule has 1 heterocycles. The predicted octanol–water partition coefficient (Wildman–Crippen LogP) is 2.50. The highest BCUT2D eigenvalue weighted by molar-refractivity contribution is 5.63. The van der Waals surface area contributed by atoms with Gasteiger partial charge in [0.05, 0.1) is 18.8 Å². The molecule has 0 bridgehead atoms. The van der Waals surface area contributed by atoms with Crippen LogP contribution >= 0.6 is 0 Å². The smallest absolute Gasteiger partial charge is 0.143 e. The first kappa shape index (κ1) is 14.7. The lowest BCUT2D eigenvalue weighted by molar-refractivity contribution is 0.189. The molecule has 4 nitrogen and oxygen atoms in total. The van der Waals surface area contributed by atoms with E-state index in [-0.39, 0.29) is 18.5 Å². The summed E-state index contributed by atoms with van der Waals surface area (Å²) < 4.78 is 6.06. The molecule has 0 aliphatic carbocycles. The summed E-state index contributed by atoms with van der Waals surface area (Å²) in [4.78, 5) is 2.07. The Kier molecular flexibility index (Phi) is 4.20. The Morgan fingerprint density at radius 3 is 2.68 bits per heavy atom. The fraction of sp³-hybridized carbons (Fsp3) is 0.333. The minimum Gasteiger partial charge on any atom is -0.508 e. The predicted molar refractivity (Wildman–Crippen MR) is 86.7 cm³/mol. The van der Waals surface area contributed by atoms with Crippen molar-refractivity contribution in [3.8, 4) is 11.5 Å². The molecule has 0 radical (unpaired) electrons. The number of rotatable bonds is 4. The van der Waals surface area contributed by atoms with E-state index in [0.717, 1.165) is 17.9 Å². The molecule has 2 aromatic carbocycles. The van der Waals surface area contributed by atoms with Crippen LogP contribution in [0.2, 0.25) is 0 Å². The number of aliphatic hydroxyl groups excluding tert-OH is 1. The van der Waals surface area contributed by atoms with Crippen LogP contribution in [0.3, 0.4) is 0 Å². The fourth-order valence-corrected chi connectivity index (χ4v) is 2.84. The Morgan fingerprint density at radius 1 is 1.18 bits per heavy atom. The number of hydrogen-bond acceptors (Lipinski definition) is 4. The number of benzene rings is 2. The summed E-state index contributed by atoms with van der Waals surface area (Å²) in [7, 11) is 0. The van der Waals surface area contributed by atoms with Gasteiger partial charge in [0.25, 0.3) is 0 Å². The molecule has 0 aromatic heterocycles. The van der Waals surface area contributed by atoms with E-state index in [1.807, 2.05) is 0 Å². The fourth-order valence-electron chi connectivity index (χ4n) is 2.84. The molecule has 3 rings (SSSR count). The molecular formula is C18H21NO3. The zero-order chi connectivity index (χ0) is 15.5. The number of fused-ring (bicyclic) bond motifs is 1. The quantitative estimate of drug-likeness (QED) is 0.911. The summed E-state index contributed by atoms with van der Waals surface area (Å²) in [5, 5.41) is 18.9. The van der Waals surface area contributed by atoms with Crippen LogP contribution < -0.4 is 9.64 Å². The van der Waals surface area contributed by atoms with E-state index in [2.05, 4.69) is 36.1 Å². The van der Waals surface area contributed by atoms with Gasteiger partial charge in [-0.2, -0.15) is 0 Å². The Labute approximate surface area is 130 Å². The second-order valence-corrected chi connectivity index (χ2v) is 5.75. The SMILES string of the molecule is Cc1ccc(CC2CN(CCO)c3cc(O)ccc3O2)cc1. The third kappa shape index (κ3) is 3.17. The van der Waals surface area contributed by atoms with Crippen LogP contribution in [-0.2, 0) is 6.42 Å². The maximum Gasteiger partial charge on any atom is 0.143 e. The van der Waals surface area contributed by atoms with Crippen molar-refractivity contribution in [1.82, 2.24) is 0 Å². The third-order valence-electron chi connectivity index (χ3n) is 3.95. The minimum atomic E-state index is 0.0336. The van der Waals surface area contributed by atoms with Gasteiger partial charge in [-0.3, -0.25) is 0 Å². The molecule has 0 spiro atoms. The van der Waals surface area contributed by atoms with Crippen LogP contribution in [0.1, 0.15) is 11.1 Å². The number of aliphatic hydroxyl groups is 1. The average molecular weight is 299 g/mol. The van der Waals surface area contributed by atoms with Gasteiger partial charge in [0.1, 0.15) is 17.6 Å². The number of aryl methyl sites for hydroxylation is 1. The van der Waals surface area contributed by atoms with Crippen LogP contribution in [0.5, 0.6) is 11.5 Å². The Hall–Kier alpha value is -2.20. The third-order valence-corrected chi connectivity index (χ3v) is 3.95. The lowest BCUT2D eigenvalue weighted by Crippen LogP contribution is -2.42. The molecule has 0 saturated heterocycles. The number of β-amino-alcohol motifs (C(OH)–C–C–N with tert-alkyl or cyclic N) is 1. The Bertz CT molecular complexity index is 639. The van der Waals surface area contributed by atoms with E-state index in [9.17, 15) is 10.2 Å². The number of aromatic hydroxyl groups is 1. The van der Waals surface area contributed by atoms with E-state index in [1.165, 1.54) is 11.1 Å². The molecule has 4 heteroatoms. The molecule has 2 N–H and O–H groups in total. The van der Waals surface area contributed by atoms with E-state index >= 15 is 0 Å². The molecule has 22 heavy (non-hydrogen) atoms. The van der Waals surface area contributed by atoms with Crippen LogP contribution in [0.4, 0.5) is 5.69 Å². The van der Waals surface area contributed by atoms with Gasteiger partial charge in [-0.1, -0.05) is 29.8 Å². The van der Waals surface area contributed by atoms with Gasteiger partial charge in [0.15, 0.2) is 0 Å². The van der Waals surface area contributed by atoms with Gasteiger partial charge in [-0.25, -0.2) is 0 Å². The van der Waals surface area contributed by atoms with E-state index in [0.29, 0.717) is 13.1 Å². The maximum absolute atomic E-state index is 9.66. The van der Waals surface area contributed by atoms with Gasteiger partial charge in [-0.05, 0) is 24.6 Å². The molecule has 1 aliphatic rings. The Balaban J connectivity index is 1.80. The molecule has 116 valence electrons. The van der Waals surface area contributed by atoms with Gasteiger partial charge in [-0.15, -0.1) is 0 Å². The van der Waals surface area contributed by atoms with Gasteiger partial charge < -0.3 is 19.8 Å². The molecule has 1 aliphatic heterocycles. The maximum atomic E-state index is 9.66. The van der Waals surface area contributed by atoms with Crippen molar-refractivity contribution in [1.29, 1.82) is 0 Å². The van der Waals surface area contributed by atoms with E-state index < -0.39 is 0 Å². The van der Waals surface area contributed by atoms with Gasteiger partial charge >= 0.3 is 0 Å². The zero-order valence-electron chi connectivity index (χ0n) is 12.7. The van der Waals surface area contributed by atoms with Crippen molar-refractivity contribution in [2.75, 3.05) is 24.6 Å². The normalized spacial score (nSPS) is 17.0. The van der Waals surface area contributed by atoms with Crippen molar-refractivity contribution in [3.63, 3.8) is 0 Å². The summed E-state index contributed by atoms with van der Waals surface area (Å²) in [6.07, 6.45) is 0.856. The van der Waals surface area contributed by atoms with Crippen molar-refractivity contribution in [2.24, 2.45) is 0 Å². The molecule has 2 aromatic rings. The summed E-state index contributed by atoms with van der Waals surface area (Å²) in [6.45, 7) is 3.38. The summed E-state index contributed by atoms with van der Waals surface area (Å²) in [5.41, 5.74) is 3.33. The zero-order valence-corrected chi connectivity index (χ0v) is 12.7. The number of phenols is 1. The second kappa shape index (κ2) is 6.28. The highest BCUT2D eigenvalue weighted by Gasteiger charge is 2.25. The standard InChI is InChI=1S/C18H21NO3/c1-13-2-4-14(5-3-13)10-16-12-19(8-9-20)17-11-15(21)6-7-18(17)22-16/h2-7,11,16,20-21H,8-10,12H2,1H3.